The summed E-state index contributed by atoms with van der Waals surface area (Å²) in [4.78, 5) is 0. The second-order valence-electron chi connectivity index (χ2n) is 2.88. The Kier molecular flexibility index (Phi) is 5.46. The maximum atomic E-state index is 9.08. The smallest absolute Gasteiger partial charge is 0.0562 e. The van der Waals surface area contributed by atoms with E-state index in [0.717, 1.165) is 6.42 Å². The normalized spacial score (nSPS) is 12.0. The predicted molar refractivity (Wildman–Crippen MR) is 43.6 cm³/mol. The molecule has 0 saturated carbocycles. The number of rotatable bonds is 6. The number of ether oxygens (including phenoxy) is 2. The first-order valence-electron chi connectivity index (χ1n) is 3.83. The molecular weight excluding hydrogens is 144 g/mol. The molecule has 3 nitrogen and oxygen atoms in total. The molecule has 0 saturated heterocycles. The minimum absolute atomic E-state index is 0.116. The summed E-state index contributed by atoms with van der Waals surface area (Å²) >= 11 is 0. The molecule has 0 aliphatic heterocycles. The molecule has 0 fully saturated rings. The highest BCUT2D eigenvalue weighted by Crippen LogP contribution is 2.21. The molecule has 0 rings (SSSR count). The lowest BCUT2D eigenvalue weighted by Crippen LogP contribution is -2.34. The van der Waals surface area contributed by atoms with Gasteiger partial charge in [0.05, 0.1) is 19.8 Å². The molecule has 0 aromatic carbocycles. The third-order valence-corrected chi connectivity index (χ3v) is 1.99. The van der Waals surface area contributed by atoms with E-state index in [9.17, 15) is 0 Å². The second-order valence-corrected chi connectivity index (χ2v) is 2.88. The van der Waals surface area contributed by atoms with Crippen LogP contribution in [0.1, 0.15) is 13.3 Å². The molecule has 0 aromatic rings. The van der Waals surface area contributed by atoms with Crippen LogP contribution in [-0.4, -0.2) is 39.1 Å². The SMILES string of the molecule is CCC(CO)(COC)COC. The molecule has 11 heavy (non-hydrogen) atoms. The molecule has 0 aliphatic rings. The van der Waals surface area contributed by atoms with Crippen LogP contribution in [0.5, 0.6) is 0 Å². The Hall–Kier alpha value is -0.120. The van der Waals surface area contributed by atoms with Gasteiger partial charge in [0, 0.05) is 19.6 Å². The summed E-state index contributed by atoms with van der Waals surface area (Å²) in [5.74, 6) is 0. The van der Waals surface area contributed by atoms with Crippen molar-refractivity contribution >= 4 is 0 Å². The monoisotopic (exact) mass is 162 g/mol. The van der Waals surface area contributed by atoms with Gasteiger partial charge < -0.3 is 14.6 Å². The fraction of sp³-hybridized carbons (Fsp3) is 1.00. The Morgan fingerprint density at radius 2 is 1.64 bits per heavy atom. The summed E-state index contributed by atoms with van der Waals surface area (Å²) in [7, 11) is 3.27. The van der Waals surface area contributed by atoms with E-state index in [4.69, 9.17) is 14.6 Å². The number of hydrogen-bond acceptors (Lipinski definition) is 3. The van der Waals surface area contributed by atoms with Crippen LogP contribution in [-0.2, 0) is 9.47 Å². The van der Waals surface area contributed by atoms with E-state index in [0.29, 0.717) is 13.2 Å². The molecule has 0 spiro atoms. The molecule has 0 heterocycles. The van der Waals surface area contributed by atoms with E-state index < -0.39 is 0 Å². The van der Waals surface area contributed by atoms with Gasteiger partial charge in [-0.2, -0.15) is 0 Å². The molecule has 0 bridgehead atoms. The highest BCUT2D eigenvalue weighted by Gasteiger charge is 2.27. The molecule has 68 valence electrons. The first-order chi connectivity index (χ1) is 5.24. The largest absolute Gasteiger partial charge is 0.396 e. The fourth-order valence-corrected chi connectivity index (χ4v) is 1.06. The standard InChI is InChI=1S/C8H18O3/c1-4-8(5-9,6-10-2)7-11-3/h9H,4-7H2,1-3H3. The lowest BCUT2D eigenvalue weighted by atomic mass is 9.88. The molecule has 3 heteroatoms. The van der Waals surface area contributed by atoms with Crippen molar-refractivity contribution in [3.8, 4) is 0 Å². The second kappa shape index (κ2) is 5.52. The van der Waals surface area contributed by atoms with Gasteiger partial charge in [0.15, 0.2) is 0 Å². The quantitative estimate of drug-likeness (QED) is 0.624. The van der Waals surface area contributed by atoms with Gasteiger partial charge in [0.1, 0.15) is 0 Å². The number of methoxy groups -OCH3 is 2. The maximum Gasteiger partial charge on any atom is 0.0562 e. The van der Waals surface area contributed by atoms with E-state index in [2.05, 4.69) is 0 Å². The molecule has 0 amide bonds. The summed E-state index contributed by atoms with van der Waals surface area (Å²) in [5, 5.41) is 9.08. The number of aliphatic hydroxyl groups is 1. The van der Waals surface area contributed by atoms with Crippen LogP contribution in [0.25, 0.3) is 0 Å². The van der Waals surface area contributed by atoms with Gasteiger partial charge >= 0.3 is 0 Å². The van der Waals surface area contributed by atoms with Crippen molar-refractivity contribution in [2.45, 2.75) is 13.3 Å². The van der Waals surface area contributed by atoms with Crippen molar-refractivity contribution in [2.24, 2.45) is 5.41 Å². The lowest BCUT2D eigenvalue weighted by Gasteiger charge is -2.28. The Morgan fingerprint density at radius 1 is 1.18 bits per heavy atom. The van der Waals surface area contributed by atoms with Crippen LogP contribution in [0.3, 0.4) is 0 Å². The van der Waals surface area contributed by atoms with E-state index in [1.54, 1.807) is 14.2 Å². The van der Waals surface area contributed by atoms with Crippen molar-refractivity contribution in [3.05, 3.63) is 0 Å². The van der Waals surface area contributed by atoms with Crippen molar-refractivity contribution < 1.29 is 14.6 Å². The third kappa shape index (κ3) is 3.18. The topological polar surface area (TPSA) is 38.7 Å². The van der Waals surface area contributed by atoms with Gasteiger partial charge in [-0.05, 0) is 6.42 Å². The van der Waals surface area contributed by atoms with Crippen molar-refractivity contribution in [1.82, 2.24) is 0 Å². The maximum absolute atomic E-state index is 9.08. The van der Waals surface area contributed by atoms with Gasteiger partial charge in [0.2, 0.25) is 0 Å². The lowest BCUT2D eigenvalue weighted by molar-refractivity contribution is -0.0280. The third-order valence-electron chi connectivity index (χ3n) is 1.99. The Labute approximate surface area is 68.3 Å². The van der Waals surface area contributed by atoms with Crippen LogP contribution in [0.4, 0.5) is 0 Å². The Balaban J connectivity index is 3.96. The van der Waals surface area contributed by atoms with Crippen LogP contribution >= 0.6 is 0 Å². The number of hydrogen-bond donors (Lipinski definition) is 1. The first-order valence-corrected chi connectivity index (χ1v) is 3.83. The Bertz CT molecular complexity index is 81.3. The minimum Gasteiger partial charge on any atom is -0.396 e. The van der Waals surface area contributed by atoms with Crippen molar-refractivity contribution in [1.29, 1.82) is 0 Å². The average molecular weight is 162 g/mol. The van der Waals surface area contributed by atoms with E-state index in [1.807, 2.05) is 6.92 Å². The first kappa shape index (κ1) is 10.9. The minimum atomic E-state index is -0.205. The van der Waals surface area contributed by atoms with Crippen LogP contribution in [0, 0.1) is 5.41 Å². The number of aliphatic hydroxyl groups excluding tert-OH is 1. The molecular formula is C8H18O3. The van der Waals surface area contributed by atoms with Crippen molar-refractivity contribution in [3.63, 3.8) is 0 Å². The van der Waals surface area contributed by atoms with Gasteiger partial charge in [-0.25, -0.2) is 0 Å². The van der Waals surface area contributed by atoms with Crippen molar-refractivity contribution in [2.75, 3.05) is 34.0 Å². The summed E-state index contributed by atoms with van der Waals surface area (Å²) in [6.45, 7) is 3.24. The molecule has 0 radical (unpaired) electrons. The predicted octanol–water partition coefficient (Wildman–Crippen LogP) is 0.668. The summed E-state index contributed by atoms with van der Waals surface area (Å²) in [6, 6.07) is 0. The van der Waals surface area contributed by atoms with Gasteiger partial charge in [-0.15, -0.1) is 0 Å². The highest BCUT2D eigenvalue weighted by molar-refractivity contribution is 4.75. The Morgan fingerprint density at radius 3 is 1.82 bits per heavy atom. The van der Waals surface area contributed by atoms with Gasteiger partial charge in [-0.3, -0.25) is 0 Å². The van der Waals surface area contributed by atoms with Crippen LogP contribution in [0.15, 0.2) is 0 Å². The molecule has 0 atom stereocenters. The van der Waals surface area contributed by atoms with Crippen LogP contribution in [0.2, 0.25) is 0 Å². The van der Waals surface area contributed by atoms with Gasteiger partial charge in [0.25, 0.3) is 0 Å². The molecule has 0 unspecified atom stereocenters. The summed E-state index contributed by atoms with van der Waals surface area (Å²) < 4.78 is 10.0. The molecule has 0 aliphatic carbocycles. The highest BCUT2D eigenvalue weighted by atomic mass is 16.5. The van der Waals surface area contributed by atoms with Gasteiger partial charge in [-0.1, -0.05) is 6.92 Å². The zero-order valence-corrected chi connectivity index (χ0v) is 7.59. The molecule has 1 N–H and O–H groups in total. The van der Waals surface area contributed by atoms with E-state index in [-0.39, 0.29) is 12.0 Å². The summed E-state index contributed by atoms with van der Waals surface area (Å²) in [5.41, 5.74) is -0.205. The van der Waals surface area contributed by atoms with E-state index in [1.165, 1.54) is 0 Å². The zero-order chi connectivity index (χ0) is 8.74. The molecule has 0 aromatic heterocycles. The van der Waals surface area contributed by atoms with Crippen LogP contribution < -0.4 is 0 Å². The van der Waals surface area contributed by atoms with E-state index >= 15 is 0 Å². The zero-order valence-electron chi connectivity index (χ0n) is 7.59. The average Bonchev–Trinajstić information content (AvgIpc) is 2.04. The summed E-state index contributed by atoms with van der Waals surface area (Å²) in [6.07, 6.45) is 0.866. The fourth-order valence-electron chi connectivity index (χ4n) is 1.06.